The molecule has 0 aliphatic carbocycles. The number of anilines is 1. The van der Waals surface area contributed by atoms with Gasteiger partial charge in [0.2, 0.25) is 0 Å². The van der Waals surface area contributed by atoms with Gasteiger partial charge in [-0.3, -0.25) is 14.9 Å². The Morgan fingerprint density at radius 2 is 2.24 bits per heavy atom. The van der Waals surface area contributed by atoms with Crippen molar-refractivity contribution >= 4 is 22.3 Å². The number of hydrogen-bond acceptors (Lipinski definition) is 6. The number of benzene rings is 1. The normalized spacial score (nSPS) is 13.9. The number of aliphatic hydroxyl groups is 1. The molecule has 8 nitrogen and oxygen atoms in total. The molecular formula is C13H16N4O4. The smallest absolute Gasteiger partial charge is 0.293 e. The molecule has 0 saturated carbocycles. The van der Waals surface area contributed by atoms with E-state index in [0.717, 1.165) is 0 Å². The lowest BCUT2D eigenvalue weighted by Gasteiger charge is -2.22. The topological polar surface area (TPSA) is 121 Å². The van der Waals surface area contributed by atoms with Crippen LogP contribution in [0.25, 0.3) is 10.9 Å². The molecule has 0 aliphatic rings. The summed E-state index contributed by atoms with van der Waals surface area (Å²) in [5.41, 5.74) is -1.07. The fourth-order valence-electron chi connectivity index (χ4n) is 1.81. The summed E-state index contributed by atoms with van der Waals surface area (Å²) in [5, 5.41) is 24.1. The van der Waals surface area contributed by atoms with Gasteiger partial charge in [0.1, 0.15) is 5.69 Å². The van der Waals surface area contributed by atoms with Crippen LogP contribution in [0, 0.1) is 10.1 Å². The number of nitro benzene ring substituents is 1. The zero-order valence-corrected chi connectivity index (χ0v) is 11.7. The summed E-state index contributed by atoms with van der Waals surface area (Å²) < 4.78 is 0. The third-order valence-corrected chi connectivity index (χ3v) is 3.38. The summed E-state index contributed by atoms with van der Waals surface area (Å²) in [6.07, 6.45) is 1.74. The van der Waals surface area contributed by atoms with E-state index in [1.54, 1.807) is 6.92 Å². The lowest BCUT2D eigenvalue weighted by atomic mass is 10.0. The van der Waals surface area contributed by atoms with Crippen LogP contribution in [-0.2, 0) is 0 Å². The van der Waals surface area contributed by atoms with Crippen molar-refractivity contribution in [3.05, 3.63) is 38.9 Å². The minimum absolute atomic E-state index is 0.150. The predicted molar refractivity (Wildman–Crippen MR) is 78.4 cm³/mol. The first-order valence-corrected chi connectivity index (χ1v) is 6.46. The van der Waals surface area contributed by atoms with Gasteiger partial charge >= 0.3 is 0 Å². The van der Waals surface area contributed by atoms with Crippen LogP contribution in [0.2, 0.25) is 0 Å². The van der Waals surface area contributed by atoms with Crippen LogP contribution in [0.15, 0.2) is 23.3 Å². The van der Waals surface area contributed by atoms with E-state index in [-0.39, 0.29) is 23.3 Å². The molecule has 0 saturated heterocycles. The second-order valence-corrected chi connectivity index (χ2v) is 5.08. The van der Waals surface area contributed by atoms with Crippen LogP contribution in [0.3, 0.4) is 0 Å². The number of nitro groups is 1. The fraction of sp³-hybridized carbons (Fsp3) is 0.385. The standard InChI is InChI=1S/C13H16N4O4/c1-3-13(2,19)6-14-10-5-9-8(4-11(10)17(20)21)12(18)16-7-15-9/h4-5,7,14,19H,3,6H2,1-2H3,(H,15,16,18). The van der Waals surface area contributed by atoms with Gasteiger partial charge in [-0.2, -0.15) is 0 Å². The number of hydrogen-bond donors (Lipinski definition) is 3. The molecule has 0 radical (unpaired) electrons. The SMILES string of the molecule is CCC(C)(O)CNc1cc2nc[nH]c(=O)c2cc1[N+](=O)[O-]. The van der Waals surface area contributed by atoms with Crippen molar-refractivity contribution in [2.45, 2.75) is 25.9 Å². The number of aromatic amines is 1. The molecule has 0 spiro atoms. The molecular weight excluding hydrogens is 276 g/mol. The summed E-state index contributed by atoms with van der Waals surface area (Å²) >= 11 is 0. The van der Waals surface area contributed by atoms with Gasteiger partial charge in [-0.25, -0.2) is 4.98 Å². The molecule has 1 heterocycles. The van der Waals surface area contributed by atoms with E-state index in [2.05, 4.69) is 15.3 Å². The molecule has 1 aromatic carbocycles. The van der Waals surface area contributed by atoms with E-state index in [0.29, 0.717) is 11.9 Å². The molecule has 2 rings (SSSR count). The van der Waals surface area contributed by atoms with Gasteiger partial charge in [0.05, 0.1) is 27.8 Å². The van der Waals surface area contributed by atoms with Gasteiger partial charge in [-0.15, -0.1) is 0 Å². The van der Waals surface area contributed by atoms with E-state index in [4.69, 9.17) is 0 Å². The van der Waals surface area contributed by atoms with Crippen LogP contribution < -0.4 is 10.9 Å². The first-order valence-electron chi connectivity index (χ1n) is 6.46. The number of rotatable bonds is 5. The largest absolute Gasteiger partial charge is 0.388 e. The fourth-order valence-corrected chi connectivity index (χ4v) is 1.81. The number of H-pyrrole nitrogens is 1. The van der Waals surface area contributed by atoms with E-state index in [9.17, 15) is 20.0 Å². The predicted octanol–water partition coefficient (Wildman–Crippen LogP) is 1.40. The van der Waals surface area contributed by atoms with Gasteiger partial charge in [0.25, 0.3) is 11.2 Å². The Balaban J connectivity index is 2.49. The number of nitrogens with zero attached hydrogens (tertiary/aromatic N) is 2. The third kappa shape index (κ3) is 3.16. The van der Waals surface area contributed by atoms with Crippen LogP contribution in [0.4, 0.5) is 11.4 Å². The first-order chi connectivity index (χ1) is 9.84. The van der Waals surface area contributed by atoms with Crippen molar-refractivity contribution in [2.24, 2.45) is 0 Å². The second kappa shape index (κ2) is 5.49. The quantitative estimate of drug-likeness (QED) is 0.565. The highest BCUT2D eigenvalue weighted by molar-refractivity contribution is 5.86. The van der Waals surface area contributed by atoms with Gasteiger partial charge in [0.15, 0.2) is 0 Å². The van der Waals surface area contributed by atoms with Crippen molar-refractivity contribution in [1.82, 2.24) is 9.97 Å². The molecule has 1 unspecified atom stereocenters. The highest BCUT2D eigenvalue weighted by Crippen LogP contribution is 2.28. The van der Waals surface area contributed by atoms with Crippen LogP contribution >= 0.6 is 0 Å². The first kappa shape index (κ1) is 14.9. The molecule has 0 amide bonds. The van der Waals surface area contributed by atoms with Gasteiger partial charge in [0, 0.05) is 12.6 Å². The maximum Gasteiger partial charge on any atom is 0.293 e. The maximum absolute atomic E-state index is 11.6. The van der Waals surface area contributed by atoms with Crippen molar-refractivity contribution in [1.29, 1.82) is 0 Å². The zero-order chi connectivity index (χ0) is 15.6. The molecule has 112 valence electrons. The summed E-state index contributed by atoms with van der Waals surface area (Å²) in [5.74, 6) is 0. The van der Waals surface area contributed by atoms with Crippen molar-refractivity contribution in [3.63, 3.8) is 0 Å². The average molecular weight is 292 g/mol. The molecule has 2 aromatic rings. The van der Waals surface area contributed by atoms with Gasteiger partial charge in [-0.05, 0) is 19.4 Å². The molecule has 1 atom stereocenters. The Morgan fingerprint density at radius 1 is 1.52 bits per heavy atom. The van der Waals surface area contributed by atoms with E-state index in [1.165, 1.54) is 18.5 Å². The highest BCUT2D eigenvalue weighted by Gasteiger charge is 2.21. The number of fused-ring (bicyclic) bond motifs is 1. The highest BCUT2D eigenvalue weighted by atomic mass is 16.6. The van der Waals surface area contributed by atoms with E-state index in [1.807, 2.05) is 6.92 Å². The molecule has 3 N–H and O–H groups in total. The van der Waals surface area contributed by atoms with Crippen LogP contribution in [0.5, 0.6) is 0 Å². The zero-order valence-electron chi connectivity index (χ0n) is 11.7. The number of aromatic nitrogens is 2. The summed E-state index contributed by atoms with van der Waals surface area (Å²) in [7, 11) is 0. The Kier molecular flexibility index (Phi) is 3.90. The maximum atomic E-state index is 11.6. The monoisotopic (exact) mass is 292 g/mol. The van der Waals surface area contributed by atoms with Gasteiger partial charge in [-0.1, -0.05) is 6.92 Å². The summed E-state index contributed by atoms with van der Waals surface area (Å²) in [6, 6.07) is 2.62. The second-order valence-electron chi connectivity index (χ2n) is 5.08. The van der Waals surface area contributed by atoms with Crippen LogP contribution in [-0.4, -0.2) is 32.1 Å². The minimum atomic E-state index is -0.982. The molecule has 0 bridgehead atoms. The average Bonchev–Trinajstić information content (AvgIpc) is 2.44. The molecule has 0 aliphatic heterocycles. The Hall–Kier alpha value is -2.48. The van der Waals surface area contributed by atoms with Crippen molar-refractivity contribution < 1.29 is 10.0 Å². The van der Waals surface area contributed by atoms with Crippen molar-refractivity contribution in [3.8, 4) is 0 Å². The van der Waals surface area contributed by atoms with Crippen LogP contribution in [0.1, 0.15) is 20.3 Å². The lowest BCUT2D eigenvalue weighted by molar-refractivity contribution is -0.383. The van der Waals surface area contributed by atoms with E-state index >= 15 is 0 Å². The molecule has 1 aromatic heterocycles. The molecule has 8 heteroatoms. The minimum Gasteiger partial charge on any atom is -0.388 e. The van der Waals surface area contributed by atoms with E-state index < -0.39 is 16.1 Å². The lowest BCUT2D eigenvalue weighted by Crippen LogP contribution is -2.32. The summed E-state index contributed by atoms with van der Waals surface area (Å²) in [4.78, 5) is 28.6. The Bertz CT molecular complexity index is 739. The third-order valence-electron chi connectivity index (χ3n) is 3.38. The Morgan fingerprint density at radius 3 is 2.86 bits per heavy atom. The molecule has 0 fully saturated rings. The van der Waals surface area contributed by atoms with Crippen molar-refractivity contribution in [2.75, 3.05) is 11.9 Å². The number of nitrogens with one attached hydrogen (secondary N) is 2. The molecule has 21 heavy (non-hydrogen) atoms. The summed E-state index contributed by atoms with van der Waals surface area (Å²) in [6.45, 7) is 3.60. The van der Waals surface area contributed by atoms with Gasteiger partial charge < -0.3 is 15.4 Å². The Labute approximate surface area is 120 Å².